The molecule has 160 valence electrons. The molecule has 31 heavy (non-hydrogen) atoms. The normalized spacial score (nSPS) is 13.9. The van der Waals surface area contributed by atoms with Gasteiger partial charge in [0.15, 0.2) is 12.4 Å². The van der Waals surface area contributed by atoms with Gasteiger partial charge >= 0.3 is 5.97 Å². The maximum atomic E-state index is 12.9. The van der Waals surface area contributed by atoms with Gasteiger partial charge < -0.3 is 23.5 Å². The minimum Gasteiger partial charge on any atom is -0.497 e. The molecule has 0 aliphatic carbocycles. The number of allylic oxidation sites excluding steroid dienone is 1. The van der Waals surface area contributed by atoms with Crippen LogP contribution in [-0.4, -0.2) is 36.6 Å². The Bertz CT molecular complexity index is 1190. The van der Waals surface area contributed by atoms with Gasteiger partial charge in [-0.25, -0.2) is 4.79 Å². The van der Waals surface area contributed by atoms with Crippen LogP contribution >= 0.6 is 0 Å². The van der Waals surface area contributed by atoms with Crippen LogP contribution in [0, 0.1) is 0 Å². The Labute approximate surface area is 179 Å². The van der Waals surface area contributed by atoms with Crippen molar-refractivity contribution in [3.05, 3.63) is 59.5 Å². The number of nitrogens with zero attached hydrogens (tertiary/aromatic N) is 1. The Kier molecular flexibility index (Phi) is 5.66. The van der Waals surface area contributed by atoms with E-state index in [1.807, 2.05) is 24.4 Å². The number of ketones is 1. The number of aromatic nitrogens is 1. The third-order valence-electron chi connectivity index (χ3n) is 5.05. The predicted molar refractivity (Wildman–Crippen MR) is 116 cm³/mol. The second-order valence-electron chi connectivity index (χ2n) is 6.94. The molecule has 7 nitrogen and oxygen atoms in total. The zero-order valence-corrected chi connectivity index (χ0v) is 17.6. The lowest BCUT2D eigenvalue weighted by molar-refractivity contribution is -0.145. The van der Waals surface area contributed by atoms with Crippen LogP contribution in [0.2, 0.25) is 0 Å². The van der Waals surface area contributed by atoms with Gasteiger partial charge in [-0.3, -0.25) is 4.79 Å². The Hall–Kier alpha value is -3.74. The van der Waals surface area contributed by atoms with Crippen molar-refractivity contribution in [2.75, 3.05) is 20.3 Å². The maximum Gasteiger partial charge on any atom is 0.344 e. The van der Waals surface area contributed by atoms with E-state index < -0.39 is 5.97 Å². The van der Waals surface area contributed by atoms with Crippen molar-refractivity contribution < 1.29 is 28.5 Å². The van der Waals surface area contributed by atoms with Crippen LogP contribution in [0.5, 0.6) is 17.2 Å². The van der Waals surface area contributed by atoms with Gasteiger partial charge in [-0.2, -0.15) is 0 Å². The van der Waals surface area contributed by atoms with Gasteiger partial charge in [-0.15, -0.1) is 0 Å². The number of rotatable bonds is 7. The molecule has 4 rings (SSSR count). The number of Topliss-reactive ketones (excluding diaryl/α,β-unsaturated/α-hetero) is 1. The van der Waals surface area contributed by atoms with Crippen molar-refractivity contribution in [2.45, 2.75) is 20.4 Å². The van der Waals surface area contributed by atoms with Gasteiger partial charge in [0.2, 0.25) is 5.78 Å². The summed E-state index contributed by atoms with van der Waals surface area (Å²) in [5.74, 6) is 1.14. The molecular formula is C24H23NO6. The topological polar surface area (TPSA) is 76.0 Å². The van der Waals surface area contributed by atoms with Crippen molar-refractivity contribution in [3.8, 4) is 17.2 Å². The largest absolute Gasteiger partial charge is 0.497 e. The van der Waals surface area contributed by atoms with Crippen molar-refractivity contribution in [1.29, 1.82) is 0 Å². The van der Waals surface area contributed by atoms with E-state index >= 15 is 0 Å². The van der Waals surface area contributed by atoms with Crippen molar-refractivity contribution in [3.63, 3.8) is 0 Å². The SMILES string of the molecule is CCOC(=O)COc1ccc2c(c1)O/C(=C\c1cn(CC)c3ccc(OC)cc13)C2=O. The standard InChI is InChI=1S/C24H23NO6/c1-4-25-13-15(19-11-16(28-3)7-9-20(19)25)10-22-24(27)18-8-6-17(12-21(18)31-22)30-14-23(26)29-5-2/h6-13H,4-5,14H2,1-3H3/b22-10-. The van der Waals surface area contributed by atoms with Gasteiger partial charge in [0.1, 0.15) is 17.2 Å². The molecule has 2 heterocycles. The number of hydrogen-bond acceptors (Lipinski definition) is 6. The number of methoxy groups -OCH3 is 1. The molecule has 0 spiro atoms. The first kappa shape index (κ1) is 20.5. The summed E-state index contributed by atoms with van der Waals surface area (Å²) in [5.41, 5.74) is 2.37. The smallest absolute Gasteiger partial charge is 0.344 e. The zero-order valence-electron chi connectivity index (χ0n) is 17.6. The number of esters is 1. The van der Waals surface area contributed by atoms with Crippen molar-refractivity contribution in [1.82, 2.24) is 4.57 Å². The maximum absolute atomic E-state index is 12.9. The first-order valence-corrected chi connectivity index (χ1v) is 10.1. The molecule has 3 aromatic rings. The Morgan fingerprint density at radius 2 is 1.94 bits per heavy atom. The van der Waals surface area contributed by atoms with Crippen LogP contribution in [0.1, 0.15) is 29.8 Å². The van der Waals surface area contributed by atoms with Gasteiger partial charge in [0, 0.05) is 35.3 Å². The first-order chi connectivity index (χ1) is 15.0. The van der Waals surface area contributed by atoms with Gasteiger partial charge in [0.05, 0.1) is 19.3 Å². The number of benzene rings is 2. The fraction of sp³-hybridized carbons (Fsp3) is 0.250. The molecule has 0 saturated heterocycles. The van der Waals surface area contributed by atoms with Crippen LogP contribution in [0.3, 0.4) is 0 Å². The molecular weight excluding hydrogens is 398 g/mol. The average molecular weight is 421 g/mol. The molecule has 1 aromatic heterocycles. The lowest BCUT2D eigenvalue weighted by Crippen LogP contribution is -2.14. The molecule has 2 aromatic carbocycles. The Morgan fingerprint density at radius 3 is 2.68 bits per heavy atom. The Balaban J connectivity index is 1.62. The molecule has 1 aliphatic heterocycles. The van der Waals surface area contributed by atoms with Gasteiger partial charge in [-0.05, 0) is 50.3 Å². The van der Waals surface area contributed by atoms with E-state index in [2.05, 4.69) is 11.5 Å². The number of fused-ring (bicyclic) bond motifs is 2. The van der Waals surface area contributed by atoms with Crippen LogP contribution in [0.4, 0.5) is 0 Å². The van der Waals surface area contributed by atoms with E-state index in [9.17, 15) is 9.59 Å². The molecule has 0 bridgehead atoms. The van der Waals surface area contributed by atoms with Gasteiger partial charge in [0.25, 0.3) is 0 Å². The lowest BCUT2D eigenvalue weighted by Gasteiger charge is -2.06. The second kappa shape index (κ2) is 8.55. The lowest BCUT2D eigenvalue weighted by atomic mass is 10.1. The molecule has 0 atom stereocenters. The summed E-state index contributed by atoms with van der Waals surface area (Å²) in [4.78, 5) is 24.3. The van der Waals surface area contributed by atoms with Crippen LogP contribution < -0.4 is 14.2 Å². The van der Waals surface area contributed by atoms with Crippen LogP contribution in [0.25, 0.3) is 17.0 Å². The van der Waals surface area contributed by atoms with Crippen molar-refractivity contribution in [2.24, 2.45) is 0 Å². The van der Waals surface area contributed by atoms with Crippen LogP contribution in [-0.2, 0) is 16.1 Å². The minimum absolute atomic E-state index is 0.202. The summed E-state index contributed by atoms with van der Waals surface area (Å²) in [6.45, 7) is 4.67. The summed E-state index contributed by atoms with van der Waals surface area (Å²) >= 11 is 0. The van der Waals surface area contributed by atoms with Crippen molar-refractivity contribution >= 4 is 28.7 Å². The molecule has 0 amide bonds. The van der Waals surface area contributed by atoms with E-state index in [0.717, 1.165) is 28.8 Å². The summed E-state index contributed by atoms with van der Waals surface area (Å²) in [5, 5.41) is 0.972. The third-order valence-corrected chi connectivity index (χ3v) is 5.05. The average Bonchev–Trinajstić information content (AvgIpc) is 3.29. The minimum atomic E-state index is -0.455. The summed E-state index contributed by atoms with van der Waals surface area (Å²) in [7, 11) is 1.62. The number of carbonyl (C=O) groups is 2. The summed E-state index contributed by atoms with van der Waals surface area (Å²) in [6.07, 6.45) is 3.74. The van der Waals surface area contributed by atoms with E-state index in [1.165, 1.54) is 0 Å². The predicted octanol–water partition coefficient (Wildman–Crippen LogP) is 4.23. The van der Waals surface area contributed by atoms with Gasteiger partial charge in [-0.1, -0.05) is 0 Å². The van der Waals surface area contributed by atoms with E-state index in [1.54, 1.807) is 38.3 Å². The highest BCUT2D eigenvalue weighted by Gasteiger charge is 2.28. The molecule has 0 unspecified atom stereocenters. The molecule has 0 radical (unpaired) electrons. The number of carbonyl (C=O) groups excluding carboxylic acids is 2. The summed E-state index contributed by atoms with van der Waals surface area (Å²) < 4.78 is 23.6. The molecule has 0 N–H and O–H groups in total. The molecule has 0 fully saturated rings. The highest BCUT2D eigenvalue weighted by molar-refractivity contribution is 6.15. The fourth-order valence-electron chi connectivity index (χ4n) is 3.55. The fourth-order valence-corrected chi connectivity index (χ4v) is 3.55. The van der Waals surface area contributed by atoms with E-state index in [0.29, 0.717) is 23.7 Å². The van der Waals surface area contributed by atoms with E-state index in [4.69, 9.17) is 18.9 Å². The molecule has 7 heteroatoms. The number of ether oxygens (including phenoxy) is 4. The second-order valence-corrected chi connectivity index (χ2v) is 6.94. The Morgan fingerprint density at radius 1 is 1.13 bits per heavy atom. The first-order valence-electron chi connectivity index (χ1n) is 10.1. The van der Waals surface area contributed by atoms with E-state index in [-0.39, 0.29) is 18.1 Å². The molecule has 1 aliphatic rings. The highest BCUT2D eigenvalue weighted by atomic mass is 16.6. The monoisotopic (exact) mass is 421 g/mol. The van der Waals surface area contributed by atoms with Crippen LogP contribution in [0.15, 0.2) is 48.4 Å². The number of hydrogen-bond donors (Lipinski definition) is 0. The number of aryl methyl sites for hydroxylation is 1. The molecule has 0 saturated carbocycles. The zero-order chi connectivity index (χ0) is 22.0. The summed E-state index contributed by atoms with van der Waals surface area (Å²) in [6, 6.07) is 10.7. The quantitative estimate of drug-likeness (QED) is 0.420. The highest BCUT2D eigenvalue weighted by Crippen LogP contribution is 2.36. The third kappa shape index (κ3) is 3.99.